The van der Waals surface area contributed by atoms with Crippen LogP contribution in [-0.4, -0.2) is 11.6 Å². The predicted molar refractivity (Wildman–Crippen MR) is 44.4 cm³/mol. The number of carbonyl (C=O) groups excluding carboxylic acids is 2. The molecular weight excluding hydrogens is 175 g/mol. The molecule has 2 bridgehead atoms. The molecule has 0 spiro atoms. The second kappa shape index (κ2) is 2.85. The average Bonchev–Trinajstić information content (AvgIpc) is 2.26. The molecule has 0 aromatic heterocycles. The van der Waals surface area contributed by atoms with Gasteiger partial charge in [0.05, 0.1) is 11.6 Å². The van der Waals surface area contributed by atoms with Crippen molar-refractivity contribution in [1.29, 1.82) is 0 Å². The topological polar surface area (TPSA) is 34.1 Å². The van der Waals surface area contributed by atoms with Gasteiger partial charge in [0.15, 0.2) is 0 Å². The maximum Gasteiger partial charge on any atom is 1.00 e. The first-order valence-corrected chi connectivity index (χ1v) is 4.37. The first-order valence-electron chi connectivity index (χ1n) is 4.37. The fourth-order valence-corrected chi connectivity index (χ4v) is 2.52. The molecule has 2 rings (SSSR count). The standard InChI is InChI=1S/C10H13O2.Na/c1-9(2)6-4-5-10(9,3)8(12)7(6)11;/h4-5H2,1-3H3;/q-1;+1. The predicted octanol–water partition coefficient (Wildman–Crippen LogP) is -1.46. The van der Waals surface area contributed by atoms with Crippen LogP contribution >= 0.6 is 0 Å². The van der Waals surface area contributed by atoms with E-state index >= 15 is 0 Å². The minimum absolute atomic E-state index is 0. The minimum atomic E-state index is -0.389. The molecule has 0 heterocycles. The summed E-state index contributed by atoms with van der Waals surface area (Å²) < 4.78 is 0. The normalized spacial score (nSPS) is 35.2. The van der Waals surface area contributed by atoms with Gasteiger partial charge in [0.1, 0.15) is 0 Å². The van der Waals surface area contributed by atoms with Crippen LogP contribution in [-0.2, 0) is 9.59 Å². The van der Waals surface area contributed by atoms with Gasteiger partial charge in [-0.05, 0) is 5.41 Å². The van der Waals surface area contributed by atoms with Gasteiger partial charge in [-0.15, -0.1) is 0 Å². The Bertz CT molecular complexity index is 283. The molecule has 0 aromatic carbocycles. The number of ketones is 2. The monoisotopic (exact) mass is 188 g/mol. The molecule has 66 valence electrons. The van der Waals surface area contributed by atoms with Crippen molar-refractivity contribution >= 4 is 11.6 Å². The summed E-state index contributed by atoms with van der Waals surface area (Å²) in [7, 11) is 0. The Hall–Kier alpha value is 0.210. The molecule has 2 fully saturated rings. The molecule has 0 amide bonds. The van der Waals surface area contributed by atoms with E-state index in [0.29, 0.717) is 0 Å². The summed E-state index contributed by atoms with van der Waals surface area (Å²) in [4.78, 5) is 22.9. The number of carbonyl (C=O) groups is 2. The van der Waals surface area contributed by atoms with Crippen molar-refractivity contribution in [3.05, 3.63) is 5.92 Å². The van der Waals surface area contributed by atoms with Crippen LogP contribution in [0.25, 0.3) is 0 Å². The Labute approximate surface area is 101 Å². The van der Waals surface area contributed by atoms with Crippen LogP contribution in [0.5, 0.6) is 0 Å². The Balaban J connectivity index is 0.000000845. The first-order chi connectivity index (χ1) is 5.41. The Morgan fingerprint density at radius 1 is 1.23 bits per heavy atom. The molecule has 2 aliphatic rings. The molecule has 0 saturated heterocycles. The van der Waals surface area contributed by atoms with Crippen LogP contribution in [0.15, 0.2) is 0 Å². The van der Waals surface area contributed by atoms with E-state index in [9.17, 15) is 9.59 Å². The summed E-state index contributed by atoms with van der Waals surface area (Å²) in [5.74, 6) is 0.498. The largest absolute Gasteiger partial charge is 1.00 e. The molecule has 0 radical (unpaired) electrons. The third kappa shape index (κ3) is 1.03. The second-order valence-electron chi connectivity index (χ2n) is 4.59. The van der Waals surface area contributed by atoms with E-state index in [1.807, 2.05) is 20.8 Å². The Kier molecular flexibility index (Phi) is 2.47. The SMILES string of the molecule is CC12CC[C-](C(=O)C1=O)C2(C)C.[Na+]. The molecule has 1 unspecified atom stereocenters. The van der Waals surface area contributed by atoms with Gasteiger partial charge in [-0.2, -0.15) is 5.92 Å². The van der Waals surface area contributed by atoms with E-state index in [2.05, 4.69) is 0 Å². The quantitative estimate of drug-likeness (QED) is 0.264. The summed E-state index contributed by atoms with van der Waals surface area (Å²) in [5.41, 5.74) is -0.569. The molecule has 0 aromatic rings. The fourth-order valence-electron chi connectivity index (χ4n) is 2.52. The summed E-state index contributed by atoms with van der Waals surface area (Å²) in [5, 5.41) is 0. The number of hydrogen-bond acceptors (Lipinski definition) is 2. The van der Waals surface area contributed by atoms with E-state index in [4.69, 9.17) is 0 Å². The van der Waals surface area contributed by atoms with E-state index in [1.165, 1.54) is 0 Å². The van der Waals surface area contributed by atoms with Gasteiger partial charge in [0.2, 0.25) is 0 Å². The summed E-state index contributed by atoms with van der Waals surface area (Å²) in [6.45, 7) is 5.95. The van der Waals surface area contributed by atoms with Crippen LogP contribution in [0.1, 0.15) is 33.6 Å². The molecule has 2 nitrogen and oxygen atoms in total. The van der Waals surface area contributed by atoms with Gasteiger partial charge in [0, 0.05) is 0 Å². The van der Waals surface area contributed by atoms with Crippen LogP contribution in [0.4, 0.5) is 0 Å². The third-order valence-corrected chi connectivity index (χ3v) is 3.99. The molecular formula is C10H13NaO2. The molecule has 13 heavy (non-hydrogen) atoms. The molecule has 1 atom stereocenters. The van der Waals surface area contributed by atoms with Crippen molar-refractivity contribution in [3.63, 3.8) is 0 Å². The van der Waals surface area contributed by atoms with Crippen molar-refractivity contribution in [3.8, 4) is 0 Å². The number of Topliss-reactive ketones (excluding diaryl/α,β-unsaturated/α-hetero) is 2. The maximum atomic E-state index is 11.5. The molecule has 0 N–H and O–H groups in total. The van der Waals surface area contributed by atoms with Crippen molar-refractivity contribution in [2.75, 3.05) is 0 Å². The Morgan fingerprint density at radius 2 is 1.77 bits per heavy atom. The summed E-state index contributed by atoms with van der Waals surface area (Å²) >= 11 is 0. The van der Waals surface area contributed by atoms with Crippen LogP contribution < -0.4 is 29.6 Å². The smallest absolute Gasteiger partial charge is 0.402 e. The molecule has 0 aliphatic heterocycles. The van der Waals surface area contributed by atoms with E-state index in [1.54, 1.807) is 0 Å². The van der Waals surface area contributed by atoms with Crippen LogP contribution in [0, 0.1) is 16.7 Å². The second-order valence-corrected chi connectivity index (χ2v) is 4.59. The van der Waals surface area contributed by atoms with Gasteiger partial charge in [0.25, 0.3) is 0 Å². The van der Waals surface area contributed by atoms with Crippen molar-refractivity contribution in [2.24, 2.45) is 10.8 Å². The van der Waals surface area contributed by atoms with Gasteiger partial charge < -0.3 is 9.59 Å². The van der Waals surface area contributed by atoms with Crippen molar-refractivity contribution in [2.45, 2.75) is 33.6 Å². The zero-order chi connectivity index (χ0) is 9.15. The van der Waals surface area contributed by atoms with Crippen LogP contribution in [0.2, 0.25) is 0 Å². The van der Waals surface area contributed by atoms with Crippen LogP contribution in [0.3, 0.4) is 0 Å². The third-order valence-electron chi connectivity index (χ3n) is 3.99. The number of rotatable bonds is 0. The maximum absolute atomic E-state index is 11.5. The minimum Gasteiger partial charge on any atom is -0.402 e. The fraction of sp³-hybridized carbons (Fsp3) is 0.700. The average molecular weight is 188 g/mol. The summed E-state index contributed by atoms with van der Waals surface area (Å²) in [6, 6.07) is 0. The van der Waals surface area contributed by atoms with Crippen molar-refractivity contribution < 1.29 is 39.1 Å². The van der Waals surface area contributed by atoms with Gasteiger partial charge >= 0.3 is 29.6 Å². The van der Waals surface area contributed by atoms with Gasteiger partial charge in [-0.1, -0.05) is 39.0 Å². The molecule has 3 heteroatoms. The van der Waals surface area contributed by atoms with E-state index < -0.39 is 0 Å². The van der Waals surface area contributed by atoms with E-state index in [0.717, 1.165) is 18.8 Å². The van der Waals surface area contributed by atoms with E-state index in [-0.39, 0.29) is 52.0 Å². The summed E-state index contributed by atoms with van der Waals surface area (Å²) in [6.07, 6.45) is 1.69. The van der Waals surface area contributed by atoms with Crippen molar-refractivity contribution in [1.82, 2.24) is 0 Å². The number of fused-ring (bicyclic) bond motifs is 2. The zero-order valence-corrected chi connectivity index (χ0v) is 10.7. The van der Waals surface area contributed by atoms with Gasteiger partial charge in [-0.3, -0.25) is 0 Å². The molecule has 2 saturated carbocycles. The van der Waals surface area contributed by atoms with Gasteiger partial charge in [-0.25, -0.2) is 0 Å². The first kappa shape index (κ1) is 11.3. The zero-order valence-electron chi connectivity index (χ0n) is 8.73. The molecule has 2 aliphatic carbocycles. The number of hydrogen-bond donors (Lipinski definition) is 0. The Morgan fingerprint density at radius 3 is 2.00 bits per heavy atom.